The Morgan fingerprint density at radius 1 is 1.21 bits per heavy atom. The Bertz CT molecular complexity index is 566. The van der Waals surface area contributed by atoms with E-state index in [1.807, 2.05) is 25.1 Å². The van der Waals surface area contributed by atoms with Crippen LogP contribution in [-0.4, -0.2) is 11.5 Å². The minimum Gasteiger partial charge on any atom is -0.306 e. The molecule has 1 aromatic heterocycles. The number of halogens is 1. The average Bonchev–Trinajstić information content (AvgIpc) is 2.37. The van der Waals surface area contributed by atoms with E-state index in [2.05, 4.69) is 42.3 Å². The molecular formula is C16H19ClN2. The number of rotatable bonds is 4. The van der Waals surface area contributed by atoms with Crippen molar-refractivity contribution in [2.45, 2.75) is 26.8 Å². The quantitative estimate of drug-likeness (QED) is 0.910. The first kappa shape index (κ1) is 14.0. The van der Waals surface area contributed by atoms with Gasteiger partial charge in [0, 0.05) is 16.4 Å². The second-order valence-corrected chi connectivity index (χ2v) is 5.11. The molecule has 19 heavy (non-hydrogen) atoms. The van der Waals surface area contributed by atoms with Gasteiger partial charge in [-0.15, -0.1) is 0 Å². The molecule has 2 rings (SSSR count). The van der Waals surface area contributed by atoms with Crippen molar-refractivity contribution in [1.29, 1.82) is 0 Å². The maximum atomic E-state index is 6.10. The molecule has 100 valence electrons. The van der Waals surface area contributed by atoms with E-state index in [1.165, 1.54) is 11.1 Å². The normalized spacial score (nSPS) is 12.4. The van der Waals surface area contributed by atoms with Gasteiger partial charge in [-0.25, -0.2) is 0 Å². The maximum Gasteiger partial charge on any atom is 0.0595 e. The first-order valence-corrected chi connectivity index (χ1v) is 6.92. The predicted octanol–water partition coefficient (Wildman–Crippen LogP) is 4.05. The zero-order valence-corrected chi connectivity index (χ0v) is 12.3. The molecule has 1 N–H and O–H groups in total. The number of pyridine rings is 1. The Kier molecular flexibility index (Phi) is 4.56. The van der Waals surface area contributed by atoms with Crippen molar-refractivity contribution < 1.29 is 0 Å². The van der Waals surface area contributed by atoms with Crippen molar-refractivity contribution >= 4 is 11.6 Å². The molecule has 1 atom stereocenters. The molecule has 1 aromatic carbocycles. The highest BCUT2D eigenvalue weighted by atomic mass is 35.5. The molecule has 0 amide bonds. The number of aryl methyl sites for hydroxylation is 2. The van der Waals surface area contributed by atoms with Gasteiger partial charge in [-0.2, -0.15) is 0 Å². The molecule has 0 fully saturated rings. The van der Waals surface area contributed by atoms with Gasteiger partial charge in [-0.3, -0.25) is 4.98 Å². The predicted molar refractivity (Wildman–Crippen MR) is 80.7 cm³/mol. The molecule has 1 unspecified atom stereocenters. The molecule has 1 heterocycles. The van der Waals surface area contributed by atoms with Crippen molar-refractivity contribution in [1.82, 2.24) is 10.3 Å². The topological polar surface area (TPSA) is 24.9 Å². The summed E-state index contributed by atoms with van der Waals surface area (Å²) in [6, 6.07) is 12.3. The molecule has 0 bridgehead atoms. The van der Waals surface area contributed by atoms with E-state index < -0.39 is 0 Å². The highest BCUT2D eigenvalue weighted by molar-refractivity contribution is 6.30. The Labute approximate surface area is 119 Å². The van der Waals surface area contributed by atoms with Crippen LogP contribution in [0.15, 0.2) is 36.4 Å². The van der Waals surface area contributed by atoms with Crippen LogP contribution in [0.1, 0.15) is 35.5 Å². The van der Waals surface area contributed by atoms with E-state index in [1.54, 1.807) is 0 Å². The summed E-state index contributed by atoms with van der Waals surface area (Å²) in [5.74, 6) is 0. The first-order chi connectivity index (χ1) is 9.11. The third-order valence-electron chi connectivity index (χ3n) is 3.17. The molecule has 2 aromatic rings. The summed E-state index contributed by atoms with van der Waals surface area (Å²) in [6.45, 7) is 7.06. The number of benzene rings is 1. The monoisotopic (exact) mass is 274 g/mol. The summed E-state index contributed by atoms with van der Waals surface area (Å²) in [6.07, 6.45) is 0. The Balaban J connectivity index is 2.45. The van der Waals surface area contributed by atoms with E-state index >= 15 is 0 Å². The first-order valence-electron chi connectivity index (χ1n) is 6.54. The average molecular weight is 275 g/mol. The molecule has 0 radical (unpaired) electrons. The van der Waals surface area contributed by atoms with Gasteiger partial charge < -0.3 is 5.32 Å². The van der Waals surface area contributed by atoms with Gasteiger partial charge in [0.15, 0.2) is 0 Å². The largest absolute Gasteiger partial charge is 0.306 e. The molecule has 2 nitrogen and oxygen atoms in total. The molecule has 3 heteroatoms. The smallest absolute Gasteiger partial charge is 0.0595 e. The third kappa shape index (κ3) is 3.34. The van der Waals surface area contributed by atoms with Crippen molar-refractivity contribution in [3.05, 3.63) is 63.9 Å². The van der Waals surface area contributed by atoms with Crippen LogP contribution >= 0.6 is 11.6 Å². The zero-order chi connectivity index (χ0) is 13.8. The SMILES string of the molecule is CCNC(c1cccc(Cl)c1)c1ccc(C)nc1C. The summed E-state index contributed by atoms with van der Waals surface area (Å²) in [5, 5.41) is 4.27. The number of aromatic nitrogens is 1. The molecule has 0 aliphatic carbocycles. The van der Waals surface area contributed by atoms with Gasteiger partial charge in [0.05, 0.1) is 6.04 Å². The van der Waals surface area contributed by atoms with Crippen molar-refractivity contribution in [2.24, 2.45) is 0 Å². The van der Waals surface area contributed by atoms with E-state index in [-0.39, 0.29) is 6.04 Å². The molecule has 0 spiro atoms. The molecule has 0 saturated heterocycles. The summed E-state index contributed by atoms with van der Waals surface area (Å²) in [7, 11) is 0. The summed E-state index contributed by atoms with van der Waals surface area (Å²) in [5.41, 5.74) is 4.48. The summed E-state index contributed by atoms with van der Waals surface area (Å²) in [4.78, 5) is 4.55. The Hall–Kier alpha value is -1.38. The van der Waals surface area contributed by atoms with E-state index in [9.17, 15) is 0 Å². The molecule has 0 aliphatic rings. The lowest BCUT2D eigenvalue weighted by atomic mass is 9.97. The van der Waals surface area contributed by atoms with Gasteiger partial charge in [-0.05, 0) is 49.7 Å². The highest BCUT2D eigenvalue weighted by Crippen LogP contribution is 2.26. The van der Waals surface area contributed by atoms with E-state index in [4.69, 9.17) is 11.6 Å². The van der Waals surface area contributed by atoms with Crippen LogP contribution in [0.3, 0.4) is 0 Å². The number of nitrogens with one attached hydrogen (secondary N) is 1. The van der Waals surface area contributed by atoms with Gasteiger partial charge in [0.25, 0.3) is 0 Å². The Morgan fingerprint density at radius 3 is 2.63 bits per heavy atom. The van der Waals surface area contributed by atoms with E-state index in [0.717, 1.165) is 23.0 Å². The zero-order valence-electron chi connectivity index (χ0n) is 11.6. The molecule has 0 saturated carbocycles. The number of nitrogens with zero attached hydrogens (tertiary/aromatic N) is 1. The minimum absolute atomic E-state index is 0.136. The lowest BCUT2D eigenvalue weighted by Gasteiger charge is -2.21. The number of hydrogen-bond donors (Lipinski definition) is 1. The van der Waals surface area contributed by atoms with Gasteiger partial charge in [0.1, 0.15) is 0 Å². The summed E-state index contributed by atoms with van der Waals surface area (Å²) < 4.78 is 0. The fourth-order valence-electron chi connectivity index (χ4n) is 2.30. The second-order valence-electron chi connectivity index (χ2n) is 4.67. The summed E-state index contributed by atoms with van der Waals surface area (Å²) >= 11 is 6.10. The lowest BCUT2D eigenvalue weighted by molar-refractivity contribution is 0.624. The van der Waals surface area contributed by atoms with Crippen molar-refractivity contribution in [2.75, 3.05) is 6.54 Å². The van der Waals surface area contributed by atoms with E-state index in [0.29, 0.717) is 0 Å². The molecule has 0 aliphatic heterocycles. The maximum absolute atomic E-state index is 6.10. The fraction of sp³-hybridized carbons (Fsp3) is 0.312. The van der Waals surface area contributed by atoms with Gasteiger partial charge in [0.2, 0.25) is 0 Å². The van der Waals surface area contributed by atoms with Crippen molar-refractivity contribution in [3.8, 4) is 0 Å². The van der Waals surface area contributed by atoms with Crippen molar-refractivity contribution in [3.63, 3.8) is 0 Å². The van der Waals surface area contributed by atoms with Crippen LogP contribution in [0.5, 0.6) is 0 Å². The Morgan fingerprint density at radius 2 is 2.00 bits per heavy atom. The minimum atomic E-state index is 0.136. The van der Waals surface area contributed by atoms with Gasteiger partial charge in [-0.1, -0.05) is 36.7 Å². The van der Waals surface area contributed by atoms with Crippen LogP contribution in [0, 0.1) is 13.8 Å². The van der Waals surface area contributed by atoms with Gasteiger partial charge >= 0.3 is 0 Å². The molecular weight excluding hydrogens is 256 g/mol. The fourth-order valence-corrected chi connectivity index (χ4v) is 2.50. The second kappa shape index (κ2) is 6.18. The van der Waals surface area contributed by atoms with Crippen LogP contribution < -0.4 is 5.32 Å². The van der Waals surface area contributed by atoms with Crippen LogP contribution in [0.2, 0.25) is 5.02 Å². The standard InChI is InChI=1S/C16H19ClN2/c1-4-18-16(13-6-5-7-14(17)10-13)15-9-8-11(2)19-12(15)3/h5-10,16,18H,4H2,1-3H3. The lowest BCUT2D eigenvalue weighted by Crippen LogP contribution is -2.23. The third-order valence-corrected chi connectivity index (χ3v) is 3.40. The van der Waals surface area contributed by atoms with Crippen LogP contribution in [0.25, 0.3) is 0 Å². The highest BCUT2D eigenvalue weighted by Gasteiger charge is 2.16. The van der Waals surface area contributed by atoms with Crippen LogP contribution in [0.4, 0.5) is 0 Å². The van der Waals surface area contributed by atoms with Crippen LogP contribution in [-0.2, 0) is 0 Å². The number of hydrogen-bond acceptors (Lipinski definition) is 2.